The van der Waals surface area contributed by atoms with E-state index in [0.717, 1.165) is 41.6 Å². The molecule has 1 amide bonds. The van der Waals surface area contributed by atoms with Gasteiger partial charge >= 0.3 is 0 Å². The highest BCUT2D eigenvalue weighted by Crippen LogP contribution is 2.35. The first kappa shape index (κ1) is 21.2. The molecule has 2 heterocycles. The molecule has 0 spiro atoms. The molecule has 0 aliphatic heterocycles. The Hall–Kier alpha value is -2.09. The molecule has 0 unspecified atom stereocenters. The highest BCUT2D eigenvalue weighted by Gasteiger charge is 2.23. The molecule has 4 rings (SSSR count). The van der Waals surface area contributed by atoms with Crippen LogP contribution in [0.25, 0.3) is 15.9 Å². The molecule has 0 bridgehead atoms. The second-order valence-corrected chi connectivity index (χ2v) is 9.67. The highest BCUT2D eigenvalue weighted by atomic mass is 35.5. The van der Waals surface area contributed by atoms with E-state index in [9.17, 15) is 9.59 Å². The summed E-state index contributed by atoms with van der Waals surface area (Å²) in [6.07, 6.45) is 5.78. The molecule has 0 saturated carbocycles. The second kappa shape index (κ2) is 8.96. The standard InChI is InChI=1S/C22H22ClN3O2S2/c1-3-10-24-18(27)12-29-22-25-20-19(15-6-4-5-7-17(15)30-20)21(28)26(22)14-9-8-13(2)16(23)11-14/h3,8-9,11H,1,4-7,10,12H2,2H3,(H,24,27). The van der Waals surface area contributed by atoms with E-state index < -0.39 is 0 Å². The molecule has 5 nitrogen and oxygen atoms in total. The molecular formula is C22H22ClN3O2S2. The Balaban J connectivity index is 1.85. The second-order valence-electron chi connectivity index (χ2n) is 7.24. The number of carbonyl (C=O) groups is 1. The topological polar surface area (TPSA) is 64.0 Å². The number of aromatic nitrogens is 2. The summed E-state index contributed by atoms with van der Waals surface area (Å²) < 4.78 is 1.60. The maximum atomic E-state index is 13.7. The van der Waals surface area contributed by atoms with E-state index in [-0.39, 0.29) is 17.2 Å². The van der Waals surface area contributed by atoms with Crippen LogP contribution in [-0.2, 0) is 17.6 Å². The minimum atomic E-state index is -0.131. The van der Waals surface area contributed by atoms with E-state index in [1.165, 1.54) is 16.6 Å². The Labute approximate surface area is 188 Å². The molecule has 0 radical (unpaired) electrons. The lowest BCUT2D eigenvalue weighted by molar-refractivity contribution is -0.118. The van der Waals surface area contributed by atoms with Crippen molar-refractivity contribution in [3.05, 3.63) is 62.2 Å². The molecular weight excluding hydrogens is 438 g/mol. The lowest BCUT2D eigenvalue weighted by atomic mass is 9.97. The number of thioether (sulfide) groups is 1. The van der Waals surface area contributed by atoms with Crippen molar-refractivity contribution in [2.45, 2.75) is 37.8 Å². The molecule has 1 aromatic carbocycles. The smallest absolute Gasteiger partial charge is 0.267 e. The molecule has 1 N–H and O–H groups in total. The number of benzene rings is 1. The third-order valence-corrected chi connectivity index (χ3v) is 7.68. The Morgan fingerprint density at radius 1 is 1.40 bits per heavy atom. The summed E-state index contributed by atoms with van der Waals surface area (Å²) in [6.45, 7) is 5.94. The van der Waals surface area contributed by atoms with Gasteiger partial charge in [0.05, 0.1) is 16.8 Å². The van der Waals surface area contributed by atoms with Crippen molar-refractivity contribution < 1.29 is 4.79 Å². The minimum Gasteiger partial charge on any atom is -0.352 e. The summed E-state index contributed by atoms with van der Waals surface area (Å²) in [5.74, 6) is 0.0319. The number of fused-ring (bicyclic) bond motifs is 3. The summed E-state index contributed by atoms with van der Waals surface area (Å²) in [6, 6.07) is 5.55. The number of amides is 1. The molecule has 0 atom stereocenters. The number of aryl methyl sites for hydroxylation is 3. The summed E-state index contributed by atoms with van der Waals surface area (Å²) in [5.41, 5.74) is 2.66. The third-order valence-electron chi connectivity index (χ3n) is 5.15. The Bertz CT molecular complexity index is 1200. The van der Waals surface area contributed by atoms with Gasteiger partial charge in [-0.1, -0.05) is 35.5 Å². The normalized spacial score (nSPS) is 13.3. The first-order valence-electron chi connectivity index (χ1n) is 9.84. The molecule has 156 valence electrons. The highest BCUT2D eigenvalue weighted by molar-refractivity contribution is 7.99. The van der Waals surface area contributed by atoms with Crippen LogP contribution in [0.3, 0.4) is 0 Å². The number of thiophene rings is 1. The van der Waals surface area contributed by atoms with Crippen LogP contribution in [-0.4, -0.2) is 27.8 Å². The van der Waals surface area contributed by atoms with Crippen LogP contribution >= 0.6 is 34.7 Å². The quantitative estimate of drug-likeness (QED) is 0.330. The van der Waals surface area contributed by atoms with Gasteiger partial charge in [0.25, 0.3) is 5.56 Å². The van der Waals surface area contributed by atoms with Gasteiger partial charge in [-0.25, -0.2) is 4.98 Å². The fourth-order valence-electron chi connectivity index (χ4n) is 3.60. The van der Waals surface area contributed by atoms with Crippen LogP contribution in [0.15, 0.2) is 40.8 Å². The van der Waals surface area contributed by atoms with E-state index >= 15 is 0 Å². The zero-order valence-electron chi connectivity index (χ0n) is 16.7. The average Bonchev–Trinajstić information content (AvgIpc) is 3.11. The Morgan fingerprint density at radius 2 is 2.20 bits per heavy atom. The summed E-state index contributed by atoms with van der Waals surface area (Å²) in [4.78, 5) is 32.6. The molecule has 0 saturated heterocycles. The first-order chi connectivity index (χ1) is 14.5. The largest absolute Gasteiger partial charge is 0.352 e. The zero-order valence-corrected chi connectivity index (χ0v) is 19.1. The van der Waals surface area contributed by atoms with Crippen molar-refractivity contribution >= 4 is 50.8 Å². The number of hydrogen-bond donors (Lipinski definition) is 1. The van der Waals surface area contributed by atoms with E-state index in [1.807, 2.05) is 19.1 Å². The summed E-state index contributed by atoms with van der Waals surface area (Å²) in [7, 11) is 0. The van der Waals surface area contributed by atoms with Gasteiger partial charge in [0.1, 0.15) is 4.83 Å². The Morgan fingerprint density at radius 3 is 2.97 bits per heavy atom. The molecule has 30 heavy (non-hydrogen) atoms. The van der Waals surface area contributed by atoms with Crippen LogP contribution in [0.5, 0.6) is 0 Å². The van der Waals surface area contributed by atoms with Crippen LogP contribution in [0.1, 0.15) is 28.8 Å². The van der Waals surface area contributed by atoms with Crippen molar-refractivity contribution in [2.24, 2.45) is 0 Å². The van der Waals surface area contributed by atoms with Crippen molar-refractivity contribution in [1.82, 2.24) is 14.9 Å². The molecule has 8 heteroatoms. The van der Waals surface area contributed by atoms with Gasteiger partial charge in [0, 0.05) is 16.4 Å². The van der Waals surface area contributed by atoms with Crippen molar-refractivity contribution in [3.8, 4) is 5.69 Å². The van der Waals surface area contributed by atoms with Crippen LogP contribution in [0.2, 0.25) is 5.02 Å². The molecule has 1 aliphatic carbocycles. The molecule has 2 aromatic heterocycles. The van der Waals surface area contributed by atoms with Gasteiger partial charge in [-0.15, -0.1) is 17.9 Å². The summed E-state index contributed by atoms with van der Waals surface area (Å²) in [5, 5.41) is 4.56. The maximum Gasteiger partial charge on any atom is 0.267 e. The third kappa shape index (κ3) is 4.06. The maximum absolute atomic E-state index is 13.7. The van der Waals surface area contributed by atoms with Gasteiger partial charge in [-0.2, -0.15) is 0 Å². The molecule has 0 fully saturated rings. The van der Waals surface area contributed by atoms with Gasteiger partial charge in [0.15, 0.2) is 5.16 Å². The zero-order chi connectivity index (χ0) is 21.3. The number of nitrogens with one attached hydrogen (secondary N) is 1. The van der Waals surface area contributed by atoms with Crippen molar-refractivity contribution in [1.29, 1.82) is 0 Å². The molecule has 1 aliphatic rings. The lowest BCUT2D eigenvalue weighted by Gasteiger charge is -2.14. The number of halogens is 1. The fourth-order valence-corrected chi connectivity index (χ4v) is 5.92. The predicted molar refractivity (Wildman–Crippen MR) is 126 cm³/mol. The van der Waals surface area contributed by atoms with E-state index in [4.69, 9.17) is 16.6 Å². The monoisotopic (exact) mass is 459 g/mol. The minimum absolute atomic E-state index is 0.0895. The number of carbonyl (C=O) groups excluding carboxylic acids is 1. The lowest BCUT2D eigenvalue weighted by Crippen LogP contribution is -2.26. The van der Waals surface area contributed by atoms with Crippen LogP contribution in [0, 0.1) is 6.92 Å². The average molecular weight is 460 g/mol. The van der Waals surface area contributed by atoms with Crippen LogP contribution < -0.4 is 10.9 Å². The molecule has 3 aromatic rings. The first-order valence-corrected chi connectivity index (χ1v) is 12.0. The van der Waals surface area contributed by atoms with Gasteiger partial charge in [-0.05, 0) is 55.9 Å². The van der Waals surface area contributed by atoms with E-state index in [2.05, 4.69) is 11.9 Å². The van der Waals surface area contributed by atoms with Crippen LogP contribution in [0.4, 0.5) is 0 Å². The number of rotatable bonds is 6. The van der Waals surface area contributed by atoms with Crippen molar-refractivity contribution in [2.75, 3.05) is 12.3 Å². The van der Waals surface area contributed by atoms with Gasteiger partial charge in [0.2, 0.25) is 5.91 Å². The SMILES string of the molecule is C=CCNC(=O)CSc1nc2sc3c(c2c(=O)n1-c1ccc(C)c(Cl)c1)CCCC3. The van der Waals surface area contributed by atoms with Gasteiger partial charge < -0.3 is 5.32 Å². The predicted octanol–water partition coefficient (Wildman–Crippen LogP) is 4.68. The Kier molecular flexibility index (Phi) is 6.32. The van der Waals surface area contributed by atoms with E-state index in [0.29, 0.717) is 27.8 Å². The van der Waals surface area contributed by atoms with Gasteiger partial charge in [-0.3, -0.25) is 14.2 Å². The summed E-state index contributed by atoms with van der Waals surface area (Å²) >= 11 is 9.21. The number of nitrogens with zero attached hydrogens (tertiary/aromatic N) is 2. The van der Waals surface area contributed by atoms with E-state index in [1.54, 1.807) is 28.0 Å². The fraction of sp³-hybridized carbons (Fsp3) is 0.318. The van der Waals surface area contributed by atoms with Crippen molar-refractivity contribution in [3.63, 3.8) is 0 Å². The number of hydrogen-bond acceptors (Lipinski definition) is 5.